The van der Waals surface area contributed by atoms with Gasteiger partial charge in [-0.1, -0.05) is 17.5 Å². The first-order valence-electron chi connectivity index (χ1n) is 8.46. The summed E-state index contributed by atoms with van der Waals surface area (Å²) in [4.78, 5) is 31.4. The lowest BCUT2D eigenvalue weighted by molar-refractivity contribution is -0.119. The lowest BCUT2D eigenvalue weighted by atomic mass is 10.2. The van der Waals surface area contributed by atoms with Crippen LogP contribution in [0.4, 0.5) is 10.5 Å². The number of carbonyl (C=O) groups excluding carboxylic acids is 2. The van der Waals surface area contributed by atoms with Crippen molar-refractivity contribution in [1.82, 2.24) is 19.7 Å². The molecule has 0 atom stereocenters. The number of likely N-dealkylation sites (N-methyl/N-ethyl adjacent to an activating group) is 1. The van der Waals surface area contributed by atoms with E-state index in [2.05, 4.69) is 16.0 Å². The SMILES string of the molecule is C#CCN(C(=O)CN(C)C(=O)OC(C)(C)C)c1cn(-c2cccnc2)nc1Cl. The van der Waals surface area contributed by atoms with Gasteiger partial charge in [0.1, 0.15) is 17.8 Å². The second-order valence-corrected chi connectivity index (χ2v) is 7.34. The maximum atomic E-state index is 12.8. The van der Waals surface area contributed by atoms with Gasteiger partial charge in [0, 0.05) is 13.2 Å². The quantitative estimate of drug-likeness (QED) is 0.717. The number of halogens is 1. The molecule has 2 heterocycles. The molecule has 0 bridgehead atoms. The first-order chi connectivity index (χ1) is 13.1. The van der Waals surface area contributed by atoms with E-state index in [0.717, 1.165) is 0 Å². The average Bonchev–Trinajstić information content (AvgIpc) is 3.00. The molecule has 0 N–H and O–H groups in total. The van der Waals surface area contributed by atoms with Crippen molar-refractivity contribution in [2.24, 2.45) is 0 Å². The van der Waals surface area contributed by atoms with Crippen LogP contribution in [0.5, 0.6) is 0 Å². The predicted molar refractivity (Wildman–Crippen MR) is 106 cm³/mol. The van der Waals surface area contributed by atoms with E-state index in [1.807, 2.05) is 0 Å². The molecule has 0 aliphatic carbocycles. The topological polar surface area (TPSA) is 80.6 Å². The standard InChI is InChI=1S/C19H22ClN5O3/c1-6-10-24(16(26)13-23(5)18(27)28-19(2,3)4)15-12-25(22-17(15)20)14-8-7-9-21-11-14/h1,7-9,11-12H,10,13H2,2-5H3. The number of hydrogen-bond donors (Lipinski definition) is 0. The van der Waals surface area contributed by atoms with Crippen molar-refractivity contribution in [3.63, 3.8) is 0 Å². The summed E-state index contributed by atoms with van der Waals surface area (Å²) in [6.45, 7) is 4.98. The van der Waals surface area contributed by atoms with Crippen LogP contribution in [0.2, 0.25) is 5.15 Å². The fraction of sp³-hybridized carbons (Fsp3) is 0.368. The van der Waals surface area contributed by atoms with Gasteiger partial charge in [0.2, 0.25) is 5.91 Å². The van der Waals surface area contributed by atoms with Gasteiger partial charge < -0.3 is 9.64 Å². The molecule has 0 unspecified atom stereocenters. The van der Waals surface area contributed by atoms with Gasteiger partial charge in [0.15, 0.2) is 5.15 Å². The molecule has 2 rings (SSSR count). The van der Waals surface area contributed by atoms with Gasteiger partial charge in [-0.15, -0.1) is 6.42 Å². The Morgan fingerprint density at radius 1 is 1.39 bits per heavy atom. The Labute approximate surface area is 169 Å². The number of hydrogen-bond acceptors (Lipinski definition) is 5. The third-order valence-electron chi connectivity index (χ3n) is 3.48. The zero-order chi connectivity index (χ0) is 20.9. The summed E-state index contributed by atoms with van der Waals surface area (Å²) in [6.07, 6.45) is 9.63. The van der Waals surface area contributed by atoms with Crippen LogP contribution in [0.25, 0.3) is 5.69 Å². The van der Waals surface area contributed by atoms with Crippen molar-refractivity contribution in [2.75, 3.05) is 25.0 Å². The minimum Gasteiger partial charge on any atom is -0.444 e. The molecule has 148 valence electrons. The van der Waals surface area contributed by atoms with Crippen molar-refractivity contribution in [2.45, 2.75) is 26.4 Å². The highest BCUT2D eigenvalue weighted by Crippen LogP contribution is 2.26. The normalized spacial score (nSPS) is 10.9. The Bertz CT molecular complexity index is 883. The van der Waals surface area contributed by atoms with Crippen LogP contribution < -0.4 is 4.90 Å². The number of amides is 2. The number of rotatable bonds is 5. The number of ether oxygens (including phenoxy) is 1. The maximum absolute atomic E-state index is 12.8. The third kappa shape index (κ3) is 5.47. The third-order valence-corrected chi connectivity index (χ3v) is 3.75. The maximum Gasteiger partial charge on any atom is 0.410 e. The summed E-state index contributed by atoms with van der Waals surface area (Å²) in [7, 11) is 1.47. The molecule has 0 saturated carbocycles. The fourth-order valence-corrected chi connectivity index (χ4v) is 2.47. The van der Waals surface area contributed by atoms with Crippen molar-refractivity contribution in [3.8, 4) is 18.0 Å². The highest BCUT2D eigenvalue weighted by Gasteiger charge is 2.26. The molecule has 2 amide bonds. The molecule has 2 aromatic heterocycles. The predicted octanol–water partition coefficient (Wildman–Crippen LogP) is 2.75. The molecule has 9 heteroatoms. The van der Waals surface area contributed by atoms with Crippen molar-refractivity contribution < 1.29 is 14.3 Å². The zero-order valence-corrected chi connectivity index (χ0v) is 17.0. The summed E-state index contributed by atoms with van der Waals surface area (Å²) in [5.74, 6) is 2.01. The molecule has 8 nitrogen and oxygen atoms in total. The van der Waals surface area contributed by atoms with E-state index in [4.69, 9.17) is 22.8 Å². The van der Waals surface area contributed by atoms with E-state index in [1.165, 1.54) is 21.5 Å². The van der Waals surface area contributed by atoms with E-state index >= 15 is 0 Å². The Hall–Kier alpha value is -3.05. The van der Waals surface area contributed by atoms with Gasteiger partial charge >= 0.3 is 6.09 Å². The van der Waals surface area contributed by atoms with E-state index in [0.29, 0.717) is 11.4 Å². The van der Waals surface area contributed by atoms with Crippen molar-refractivity contribution in [1.29, 1.82) is 0 Å². The smallest absolute Gasteiger partial charge is 0.410 e. The van der Waals surface area contributed by atoms with Gasteiger partial charge in [-0.25, -0.2) is 9.48 Å². The second kappa shape index (κ2) is 8.76. The summed E-state index contributed by atoms with van der Waals surface area (Å²) in [5, 5.41) is 4.31. The first kappa shape index (κ1) is 21.3. The van der Waals surface area contributed by atoms with Gasteiger partial charge in [-0.05, 0) is 32.9 Å². The number of pyridine rings is 1. The summed E-state index contributed by atoms with van der Waals surface area (Å²) in [5.41, 5.74) is 0.349. The monoisotopic (exact) mass is 403 g/mol. The van der Waals surface area contributed by atoms with Crippen molar-refractivity contribution in [3.05, 3.63) is 35.9 Å². The molecule has 0 radical (unpaired) electrons. The fourth-order valence-electron chi connectivity index (χ4n) is 2.24. The van der Waals surface area contributed by atoms with Crippen LogP contribution in [-0.2, 0) is 9.53 Å². The van der Waals surface area contributed by atoms with E-state index in [9.17, 15) is 9.59 Å². The van der Waals surface area contributed by atoms with E-state index in [-0.39, 0.29) is 18.2 Å². The summed E-state index contributed by atoms with van der Waals surface area (Å²) >= 11 is 6.24. The molecular weight excluding hydrogens is 382 g/mol. The van der Waals surface area contributed by atoms with Crippen LogP contribution in [0.3, 0.4) is 0 Å². The Balaban J connectivity index is 2.21. The van der Waals surface area contributed by atoms with Gasteiger partial charge in [0.25, 0.3) is 0 Å². The molecule has 0 aliphatic rings. The van der Waals surface area contributed by atoms with Gasteiger partial charge in [-0.3, -0.25) is 14.7 Å². The largest absolute Gasteiger partial charge is 0.444 e. The highest BCUT2D eigenvalue weighted by atomic mass is 35.5. The van der Waals surface area contributed by atoms with E-state index < -0.39 is 17.6 Å². The highest BCUT2D eigenvalue weighted by molar-refractivity contribution is 6.32. The Morgan fingerprint density at radius 2 is 2.11 bits per heavy atom. The zero-order valence-electron chi connectivity index (χ0n) is 16.2. The molecule has 0 saturated heterocycles. The number of aromatic nitrogens is 3. The molecule has 0 spiro atoms. The Kier molecular flexibility index (Phi) is 6.65. The first-order valence-corrected chi connectivity index (χ1v) is 8.83. The minimum atomic E-state index is -0.666. The van der Waals surface area contributed by atoms with Crippen LogP contribution in [-0.4, -0.2) is 57.4 Å². The number of terminal acetylenes is 1. The molecule has 28 heavy (non-hydrogen) atoms. The molecule has 0 fully saturated rings. The molecular formula is C19H22ClN5O3. The Morgan fingerprint density at radius 3 is 2.68 bits per heavy atom. The number of anilines is 1. The van der Waals surface area contributed by atoms with Crippen LogP contribution in [0.1, 0.15) is 20.8 Å². The van der Waals surface area contributed by atoms with Gasteiger partial charge in [-0.2, -0.15) is 5.10 Å². The lowest BCUT2D eigenvalue weighted by Gasteiger charge is -2.26. The van der Waals surface area contributed by atoms with Gasteiger partial charge in [0.05, 0.1) is 24.6 Å². The minimum absolute atomic E-state index is 0.0283. The molecule has 2 aromatic rings. The second-order valence-electron chi connectivity index (χ2n) is 6.98. The molecule has 0 aliphatic heterocycles. The number of carbonyl (C=O) groups is 2. The number of nitrogens with zero attached hydrogens (tertiary/aromatic N) is 5. The van der Waals surface area contributed by atoms with Crippen LogP contribution in [0.15, 0.2) is 30.7 Å². The average molecular weight is 404 g/mol. The van der Waals surface area contributed by atoms with Crippen LogP contribution >= 0.6 is 11.6 Å². The summed E-state index contributed by atoms with van der Waals surface area (Å²) < 4.78 is 6.76. The van der Waals surface area contributed by atoms with Crippen molar-refractivity contribution >= 4 is 29.3 Å². The summed E-state index contributed by atoms with van der Waals surface area (Å²) in [6, 6.07) is 3.55. The lowest BCUT2D eigenvalue weighted by Crippen LogP contribution is -2.43. The van der Waals surface area contributed by atoms with Crippen LogP contribution in [0, 0.1) is 12.3 Å². The van der Waals surface area contributed by atoms with E-state index in [1.54, 1.807) is 51.5 Å². The molecule has 0 aromatic carbocycles.